The molecule has 0 bridgehead atoms. The lowest BCUT2D eigenvalue weighted by Gasteiger charge is -2.26. The third-order valence-corrected chi connectivity index (χ3v) is 10.5. The van der Waals surface area contributed by atoms with E-state index in [2.05, 4.69) is 5.32 Å². The van der Waals surface area contributed by atoms with Gasteiger partial charge in [-0.1, -0.05) is 42.3 Å². The van der Waals surface area contributed by atoms with Crippen molar-refractivity contribution in [1.29, 1.82) is 5.26 Å². The van der Waals surface area contributed by atoms with E-state index in [-0.39, 0.29) is 19.8 Å². The first-order valence-electron chi connectivity index (χ1n) is 14.3. The van der Waals surface area contributed by atoms with Crippen LogP contribution in [0, 0.1) is 25.2 Å². The van der Waals surface area contributed by atoms with Gasteiger partial charge in [-0.15, -0.1) is 11.3 Å². The number of carbonyl (C=O) groups is 1. The van der Waals surface area contributed by atoms with Crippen LogP contribution in [0.3, 0.4) is 0 Å². The smallest absolute Gasteiger partial charge is 0.321 e. The number of benzene rings is 3. The number of alkyl halides is 3. The van der Waals surface area contributed by atoms with Crippen LogP contribution in [-0.2, 0) is 21.0 Å². The second kappa shape index (κ2) is 13.1. The van der Waals surface area contributed by atoms with Crippen molar-refractivity contribution >= 4 is 44.6 Å². The van der Waals surface area contributed by atoms with Crippen LogP contribution in [0.4, 0.5) is 18.9 Å². The summed E-state index contributed by atoms with van der Waals surface area (Å²) < 4.78 is 68.4. The van der Waals surface area contributed by atoms with Crippen LogP contribution in [0.5, 0.6) is 0 Å². The summed E-state index contributed by atoms with van der Waals surface area (Å²) in [6, 6.07) is 17.2. The highest BCUT2D eigenvalue weighted by atomic mass is 32.2. The molecule has 4 aromatic rings. The topological polar surface area (TPSA) is 112 Å². The van der Waals surface area contributed by atoms with E-state index in [4.69, 9.17) is 0 Å². The van der Waals surface area contributed by atoms with Crippen molar-refractivity contribution in [3.63, 3.8) is 0 Å². The Morgan fingerprint density at radius 1 is 1.00 bits per heavy atom. The molecule has 1 aliphatic rings. The van der Waals surface area contributed by atoms with Crippen molar-refractivity contribution in [2.75, 3.05) is 18.4 Å². The van der Waals surface area contributed by atoms with Crippen molar-refractivity contribution in [2.45, 2.75) is 44.2 Å². The van der Waals surface area contributed by atoms with Gasteiger partial charge in [0, 0.05) is 18.8 Å². The zero-order chi connectivity index (χ0) is 33.2. The minimum absolute atomic E-state index is 0.00227. The van der Waals surface area contributed by atoms with E-state index < -0.39 is 38.8 Å². The predicted molar refractivity (Wildman–Crippen MR) is 170 cm³/mol. The van der Waals surface area contributed by atoms with E-state index in [1.54, 1.807) is 19.1 Å². The Morgan fingerprint density at radius 3 is 2.33 bits per heavy atom. The molecule has 238 valence electrons. The van der Waals surface area contributed by atoms with Gasteiger partial charge in [-0.3, -0.25) is 14.2 Å². The molecule has 0 saturated carbocycles. The number of nitrogens with one attached hydrogen (secondary N) is 1. The normalized spacial score (nSPS) is 15.3. The summed E-state index contributed by atoms with van der Waals surface area (Å²) >= 11 is 0.846. The molecule has 1 amide bonds. The molecule has 13 heteroatoms. The molecule has 0 atom stereocenters. The first-order chi connectivity index (χ1) is 21.8. The molecule has 8 nitrogen and oxygen atoms in total. The number of aromatic nitrogens is 1. The lowest BCUT2D eigenvalue weighted by molar-refractivity contribution is -0.137. The summed E-state index contributed by atoms with van der Waals surface area (Å²) in [6.45, 7) is 4.46. The van der Waals surface area contributed by atoms with Crippen LogP contribution in [-0.4, -0.2) is 36.3 Å². The number of amides is 1. The zero-order valence-electron chi connectivity index (χ0n) is 24.9. The lowest BCUT2D eigenvalue weighted by atomic mass is 10.1. The fraction of sp³-hybridized carbons (Fsp3) is 0.242. The molecule has 0 unspecified atom stereocenters. The van der Waals surface area contributed by atoms with E-state index in [1.165, 1.54) is 51.3 Å². The van der Waals surface area contributed by atoms with Gasteiger partial charge in [0.05, 0.1) is 20.7 Å². The molecule has 3 aromatic carbocycles. The maximum Gasteiger partial charge on any atom is 0.416 e. The van der Waals surface area contributed by atoms with Crippen LogP contribution >= 0.6 is 11.3 Å². The number of aryl methyl sites for hydroxylation is 2. The molecule has 1 aliphatic heterocycles. The SMILES string of the molecule is Cc1ccc(-n2c(=O)/c(=C\c3ccc(C(F)(F)F)cc3)s/c2=C(/C#N)C(=O)Nc2cccc(S(=O)(=O)N3CCCCC3)c2)c(C)c1. The van der Waals surface area contributed by atoms with Gasteiger partial charge >= 0.3 is 6.18 Å². The summed E-state index contributed by atoms with van der Waals surface area (Å²) in [4.78, 5) is 27.4. The van der Waals surface area contributed by atoms with Crippen LogP contribution in [0.2, 0.25) is 0 Å². The number of nitriles is 1. The van der Waals surface area contributed by atoms with E-state index in [1.807, 2.05) is 19.1 Å². The number of carbonyl (C=O) groups excluding carboxylic acids is 1. The van der Waals surface area contributed by atoms with Gasteiger partial charge in [-0.05, 0) is 80.3 Å². The highest BCUT2D eigenvalue weighted by molar-refractivity contribution is 7.89. The molecular weight excluding hydrogens is 638 g/mol. The number of hydrogen-bond donors (Lipinski definition) is 1. The average molecular weight is 667 g/mol. The summed E-state index contributed by atoms with van der Waals surface area (Å²) in [7, 11) is -3.79. The minimum atomic E-state index is -4.52. The Kier molecular flexibility index (Phi) is 9.34. The summed E-state index contributed by atoms with van der Waals surface area (Å²) in [5, 5.41) is 12.8. The van der Waals surface area contributed by atoms with Crippen molar-refractivity contribution in [2.24, 2.45) is 0 Å². The second-order valence-electron chi connectivity index (χ2n) is 10.9. The molecule has 1 saturated heterocycles. The Hall–Kier alpha value is -4.51. The summed E-state index contributed by atoms with van der Waals surface area (Å²) in [5.41, 5.74) is 0.683. The highest BCUT2D eigenvalue weighted by Gasteiger charge is 2.30. The number of hydrogen-bond acceptors (Lipinski definition) is 6. The third-order valence-electron chi connectivity index (χ3n) is 7.55. The average Bonchev–Trinajstić information content (AvgIpc) is 3.32. The molecule has 1 aromatic heterocycles. The van der Waals surface area contributed by atoms with E-state index in [9.17, 15) is 36.4 Å². The number of rotatable bonds is 6. The van der Waals surface area contributed by atoms with Gasteiger partial charge in [-0.25, -0.2) is 8.42 Å². The van der Waals surface area contributed by atoms with Crippen LogP contribution < -0.4 is 20.1 Å². The molecule has 1 fully saturated rings. The van der Waals surface area contributed by atoms with Crippen molar-refractivity contribution in [1.82, 2.24) is 8.87 Å². The van der Waals surface area contributed by atoms with E-state index in [0.717, 1.165) is 48.3 Å². The fourth-order valence-corrected chi connectivity index (χ4v) is 7.88. The highest BCUT2D eigenvalue weighted by Crippen LogP contribution is 2.29. The Labute approximate surface area is 267 Å². The van der Waals surface area contributed by atoms with Gasteiger partial charge in [0.1, 0.15) is 10.7 Å². The number of nitrogens with zero attached hydrogens (tertiary/aromatic N) is 3. The van der Waals surface area contributed by atoms with Crippen LogP contribution in [0.1, 0.15) is 41.5 Å². The lowest BCUT2D eigenvalue weighted by Crippen LogP contribution is -2.35. The molecule has 0 spiro atoms. The molecule has 46 heavy (non-hydrogen) atoms. The largest absolute Gasteiger partial charge is 0.416 e. The van der Waals surface area contributed by atoms with E-state index >= 15 is 0 Å². The molecule has 2 heterocycles. The molecule has 0 aliphatic carbocycles. The fourth-order valence-electron chi connectivity index (χ4n) is 5.22. The molecule has 1 N–H and O–H groups in total. The summed E-state index contributed by atoms with van der Waals surface area (Å²) in [6.07, 6.45) is -0.645. The Bertz CT molecular complexity index is 2140. The molecule has 0 radical (unpaired) electrons. The van der Waals surface area contributed by atoms with Crippen molar-refractivity contribution < 1.29 is 26.4 Å². The zero-order valence-corrected chi connectivity index (χ0v) is 26.5. The van der Waals surface area contributed by atoms with Gasteiger partial charge in [0.25, 0.3) is 11.5 Å². The van der Waals surface area contributed by atoms with Crippen molar-refractivity contribution in [3.05, 3.63) is 109 Å². The van der Waals surface area contributed by atoms with Crippen molar-refractivity contribution in [3.8, 4) is 11.8 Å². The standard InChI is InChI=1S/C33H29F3N4O4S2/c1-21-9-14-28(22(2)17-21)40-31(42)29(18-23-10-12-24(13-11-23)33(34,35)36)45-32(40)27(20-37)30(41)38-25-7-6-8-26(19-25)46(43,44)39-15-4-3-5-16-39/h6-14,17-19H,3-5,15-16H2,1-2H3,(H,38,41)/b29-18+,32-27-. The summed E-state index contributed by atoms with van der Waals surface area (Å²) in [5.74, 6) is -0.865. The van der Waals surface area contributed by atoms with Crippen LogP contribution in [0.25, 0.3) is 17.3 Å². The maximum absolute atomic E-state index is 13.8. The number of halogens is 3. The first kappa shape index (κ1) is 32.9. The third kappa shape index (κ3) is 6.84. The number of sulfonamides is 1. The van der Waals surface area contributed by atoms with E-state index in [0.29, 0.717) is 29.9 Å². The monoisotopic (exact) mass is 666 g/mol. The number of anilines is 1. The minimum Gasteiger partial charge on any atom is -0.321 e. The van der Waals surface area contributed by atoms with Gasteiger partial charge < -0.3 is 5.32 Å². The Morgan fingerprint density at radius 2 is 1.70 bits per heavy atom. The van der Waals surface area contributed by atoms with Gasteiger partial charge in [0.15, 0.2) is 5.57 Å². The second-order valence-corrected chi connectivity index (χ2v) is 13.9. The number of thiazole rings is 1. The van der Waals surface area contributed by atoms with Gasteiger partial charge in [-0.2, -0.15) is 22.7 Å². The predicted octanol–water partition coefficient (Wildman–Crippen LogP) is 4.85. The molecule has 5 rings (SSSR count). The van der Waals surface area contributed by atoms with Gasteiger partial charge in [0.2, 0.25) is 10.0 Å². The number of piperidine rings is 1. The Balaban J connectivity index is 1.62. The first-order valence-corrected chi connectivity index (χ1v) is 16.6. The van der Waals surface area contributed by atoms with Crippen LogP contribution in [0.15, 0.2) is 76.4 Å². The molecular formula is C33H29F3N4O4S2. The quantitative estimate of drug-likeness (QED) is 0.316. The maximum atomic E-state index is 13.8.